The summed E-state index contributed by atoms with van der Waals surface area (Å²) < 4.78 is 106. The Hall–Kier alpha value is -6.84. The van der Waals surface area contributed by atoms with Gasteiger partial charge in [0, 0.05) is 33.9 Å². The largest absolute Gasteiger partial charge is 0.493 e. The molecule has 2 atom stereocenters. The van der Waals surface area contributed by atoms with E-state index in [0.717, 1.165) is 22.5 Å². The Morgan fingerprint density at radius 2 is 0.906 bits per heavy atom. The second-order valence-electron chi connectivity index (χ2n) is 15.5. The van der Waals surface area contributed by atoms with Crippen LogP contribution in [0.3, 0.4) is 0 Å². The number of fused-ring (bicyclic) bond motifs is 2. The lowest BCUT2D eigenvalue weighted by molar-refractivity contribution is -0.177. The molecule has 0 saturated carbocycles. The number of aromatic carboxylic acids is 2. The molecule has 2 aliphatic rings. The van der Waals surface area contributed by atoms with Gasteiger partial charge in [0.1, 0.15) is 0 Å². The van der Waals surface area contributed by atoms with E-state index in [4.69, 9.17) is 18.9 Å². The van der Waals surface area contributed by atoms with Gasteiger partial charge in [0.25, 0.3) is 0 Å². The third kappa shape index (κ3) is 9.13. The van der Waals surface area contributed by atoms with Crippen LogP contribution in [0.4, 0.5) is 26.3 Å². The molecular formula is C48H44F6N2O8. The number of hydrogen-bond acceptors (Lipinski definition) is 6. The van der Waals surface area contributed by atoms with Crippen molar-refractivity contribution in [2.24, 2.45) is 11.8 Å². The van der Waals surface area contributed by atoms with E-state index >= 15 is 0 Å². The number of halogens is 6. The van der Waals surface area contributed by atoms with Crippen LogP contribution in [0.15, 0.2) is 97.1 Å². The van der Waals surface area contributed by atoms with Gasteiger partial charge in [-0.15, -0.1) is 0 Å². The van der Waals surface area contributed by atoms with Gasteiger partial charge in [-0.2, -0.15) is 26.3 Å². The van der Waals surface area contributed by atoms with Gasteiger partial charge in [-0.3, -0.25) is 0 Å². The van der Waals surface area contributed by atoms with Crippen LogP contribution in [0, 0.1) is 11.8 Å². The highest BCUT2D eigenvalue weighted by Crippen LogP contribution is 2.44. The number of carboxylic acids is 2. The Bertz CT molecular complexity index is 2520. The Morgan fingerprint density at radius 1 is 0.531 bits per heavy atom. The molecule has 0 aliphatic heterocycles. The van der Waals surface area contributed by atoms with Crippen LogP contribution in [0.5, 0.6) is 23.0 Å². The molecule has 0 fully saturated rings. The molecule has 0 amide bonds. The van der Waals surface area contributed by atoms with Crippen molar-refractivity contribution in [1.82, 2.24) is 9.13 Å². The number of rotatable bonds is 10. The minimum Gasteiger partial charge on any atom is -0.493 e. The average Bonchev–Trinajstić information content (AvgIpc) is 3.87. The molecule has 8 rings (SSSR count). The minimum atomic E-state index is -4.26. The quantitative estimate of drug-likeness (QED) is 0.130. The molecule has 2 unspecified atom stereocenters. The highest BCUT2D eigenvalue weighted by molar-refractivity contribution is 5.89. The lowest BCUT2D eigenvalue weighted by Crippen LogP contribution is -2.29. The van der Waals surface area contributed by atoms with Crippen molar-refractivity contribution in [2.75, 3.05) is 28.4 Å². The number of benzene rings is 4. The van der Waals surface area contributed by atoms with Crippen LogP contribution >= 0.6 is 0 Å². The molecule has 16 heteroatoms. The standard InChI is InChI=1S/2C24H22F3NO4/c2*1-31-21-9-6-14(13-22(21)32-2)20-12-16-10-17(24(25,26)27)7-8-19(16)28(20)18-5-3-4-15(11-18)23(29)30/h2*3-6,9,11-13,17H,7-8,10H2,1-2H3,(H,29,30). The first kappa shape index (κ1) is 45.2. The van der Waals surface area contributed by atoms with E-state index in [0.29, 0.717) is 56.9 Å². The van der Waals surface area contributed by atoms with Crippen molar-refractivity contribution in [1.29, 1.82) is 0 Å². The fraction of sp³-hybridized carbons (Fsp3) is 0.292. The maximum Gasteiger partial charge on any atom is 0.392 e. The number of methoxy groups -OCH3 is 4. The highest BCUT2D eigenvalue weighted by atomic mass is 19.4. The topological polar surface area (TPSA) is 121 Å². The number of carboxylic acid groups (broad SMARTS) is 2. The molecule has 0 saturated heterocycles. The molecule has 6 aromatic rings. The van der Waals surface area contributed by atoms with Crippen molar-refractivity contribution in [3.63, 3.8) is 0 Å². The zero-order valence-electron chi connectivity index (χ0n) is 35.1. The molecule has 2 aromatic heterocycles. The third-order valence-corrected chi connectivity index (χ3v) is 11.8. The van der Waals surface area contributed by atoms with E-state index in [9.17, 15) is 46.1 Å². The summed E-state index contributed by atoms with van der Waals surface area (Å²) in [6.07, 6.45) is -8.27. The molecular weight excluding hydrogens is 847 g/mol. The van der Waals surface area contributed by atoms with Gasteiger partial charge in [-0.05, 0) is 135 Å². The van der Waals surface area contributed by atoms with Gasteiger partial charge in [0.05, 0.1) is 62.8 Å². The molecule has 2 heterocycles. The fourth-order valence-electron chi connectivity index (χ4n) is 8.58. The Morgan fingerprint density at radius 3 is 1.23 bits per heavy atom. The number of aromatic nitrogens is 2. The molecule has 64 heavy (non-hydrogen) atoms. The van der Waals surface area contributed by atoms with Crippen LogP contribution in [-0.4, -0.2) is 72.1 Å². The lowest BCUT2D eigenvalue weighted by Gasteiger charge is -2.26. The van der Waals surface area contributed by atoms with Gasteiger partial charge in [0.2, 0.25) is 0 Å². The monoisotopic (exact) mass is 890 g/mol. The molecule has 2 aliphatic carbocycles. The van der Waals surface area contributed by atoms with Crippen molar-refractivity contribution in [2.45, 2.75) is 50.9 Å². The van der Waals surface area contributed by atoms with Crippen molar-refractivity contribution >= 4 is 11.9 Å². The molecule has 0 radical (unpaired) electrons. The van der Waals surface area contributed by atoms with E-state index in [-0.39, 0.29) is 49.7 Å². The Balaban J connectivity index is 0.000000191. The predicted octanol–water partition coefficient (Wildman–Crippen LogP) is 11.1. The van der Waals surface area contributed by atoms with Gasteiger partial charge in [0.15, 0.2) is 23.0 Å². The maximum absolute atomic E-state index is 13.4. The molecule has 0 spiro atoms. The second-order valence-corrected chi connectivity index (χ2v) is 15.5. The number of nitrogens with zero attached hydrogens (tertiary/aromatic N) is 2. The van der Waals surface area contributed by atoms with Crippen LogP contribution in [0.25, 0.3) is 33.9 Å². The molecule has 2 N–H and O–H groups in total. The minimum absolute atomic E-state index is 0.00942. The van der Waals surface area contributed by atoms with Gasteiger partial charge in [-0.25, -0.2) is 9.59 Å². The van der Waals surface area contributed by atoms with Gasteiger partial charge < -0.3 is 38.3 Å². The van der Waals surface area contributed by atoms with E-state index in [1.165, 1.54) is 52.7 Å². The summed E-state index contributed by atoms with van der Waals surface area (Å²) in [6.45, 7) is 0. The number of hydrogen-bond donors (Lipinski definition) is 2. The first-order chi connectivity index (χ1) is 30.4. The Kier molecular flexibility index (Phi) is 12.8. The molecule has 336 valence electrons. The van der Waals surface area contributed by atoms with E-state index in [1.54, 1.807) is 72.8 Å². The van der Waals surface area contributed by atoms with Crippen LogP contribution in [0.2, 0.25) is 0 Å². The molecule has 10 nitrogen and oxygen atoms in total. The summed E-state index contributed by atoms with van der Waals surface area (Å²) in [7, 11) is 6.06. The first-order valence-corrected chi connectivity index (χ1v) is 20.2. The summed E-state index contributed by atoms with van der Waals surface area (Å²) in [6, 6.07) is 26.9. The fourth-order valence-corrected chi connectivity index (χ4v) is 8.58. The Labute approximate surface area is 364 Å². The third-order valence-electron chi connectivity index (χ3n) is 11.8. The lowest BCUT2D eigenvalue weighted by atomic mass is 9.87. The van der Waals surface area contributed by atoms with Crippen molar-refractivity contribution in [3.8, 4) is 56.9 Å². The second kappa shape index (κ2) is 18.1. The zero-order chi connectivity index (χ0) is 46.1. The average molecular weight is 891 g/mol. The number of ether oxygens (including phenoxy) is 4. The van der Waals surface area contributed by atoms with Crippen molar-refractivity contribution < 1.29 is 65.1 Å². The van der Waals surface area contributed by atoms with E-state index < -0.39 is 36.1 Å². The normalized spacial score (nSPS) is 15.8. The number of alkyl halides is 6. The summed E-state index contributed by atoms with van der Waals surface area (Å²) in [5.74, 6) is -2.89. The van der Waals surface area contributed by atoms with E-state index in [1.807, 2.05) is 9.13 Å². The predicted molar refractivity (Wildman–Crippen MR) is 226 cm³/mol. The van der Waals surface area contributed by atoms with Crippen molar-refractivity contribution in [3.05, 3.63) is 131 Å². The zero-order valence-corrected chi connectivity index (χ0v) is 35.1. The summed E-state index contributed by atoms with van der Waals surface area (Å²) >= 11 is 0. The first-order valence-electron chi connectivity index (χ1n) is 20.2. The van der Waals surface area contributed by atoms with Gasteiger partial charge in [-0.1, -0.05) is 12.1 Å². The smallest absolute Gasteiger partial charge is 0.392 e. The summed E-state index contributed by atoms with van der Waals surface area (Å²) in [4.78, 5) is 23.0. The summed E-state index contributed by atoms with van der Waals surface area (Å²) in [5.41, 5.74) is 6.91. The summed E-state index contributed by atoms with van der Waals surface area (Å²) in [5, 5.41) is 18.8. The van der Waals surface area contributed by atoms with E-state index in [2.05, 4.69) is 0 Å². The van der Waals surface area contributed by atoms with Crippen LogP contribution in [0.1, 0.15) is 56.1 Å². The van der Waals surface area contributed by atoms with Crippen LogP contribution in [-0.2, 0) is 25.7 Å². The molecule has 0 bridgehead atoms. The van der Waals surface area contributed by atoms with Gasteiger partial charge >= 0.3 is 24.3 Å². The molecule has 4 aromatic carbocycles. The maximum atomic E-state index is 13.4. The number of carbonyl (C=O) groups is 2. The SMILES string of the molecule is COc1ccc(-c2cc3c(n2-c2cccc(C(=O)O)c2)CCC(C(F)(F)F)C3)cc1OC.COc1ccc(-c2cc3c(n2-c2cccc(C(=O)O)c2)CCC(C(F)(F)F)C3)cc1OC. The highest BCUT2D eigenvalue weighted by Gasteiger charge is 2.43. The van der Waals surface area contributed by atoms with Crippen LogP contribution < -0.4 is 18.9 Å².